The minimum absolute atomic E-state index is 0. The first-order chi connectivity index (χ1) is 19.5. The first-order valence-corrected chi connectivity index (χ1v) is 14.0. The van der Waals surface area contributed by atoms with Crippen LogP contribution < -0.4 is 25.4 Å². The van der Waals surface area contributed by atoms with Crippen molar-refractivity contribution in [3.8, 4) is 11.5 Å². The predicted molar refractivity (Wildman–Crippen MR) is 160 cm³/mol. The molecule has 3 aromatic carbocycles. The molecule has 1 atom stereocenters. The molecule has 0 saturated carbocycles. The fourth-order valence-corrected chi connectivity index (χ4v) is 4.93. The second-order valence-electron chi connectivity index (χ2n) is 10.1. The third-order valence-corrected chi connectivity index (χ3v) is 7.03. The van der Waals surface area contributed by atoms with Crippen LogP contribution in [-0.4, -0.2) is 52.4 Å². The Hall–Kier alpha value is -2.63. The van der Waals surface area contributed by atoms with Gasteiger partial charge in [-0.1, -0.05) is 54.4 Å². The molecule has 2 aliphatic heterocycles. The molecule has 0 spiro atoms. The Morgan fingerprint density at radius 3 is 2.71 bits per heavy atom. The number of amides is 1. The number of piperidine rings is 1. The summed E-state index contributed by atoms with van der Waals surface area (Å²) in [7, 11) is 1.74. The number of ether oxygens (including phenoxy) is 3. The van der Waals surface area contributed by atoms with Crippen LogP contribution in [0.5, 0.6) is 11.5 Å². The van der Waals surface area contributed by atoms with E-state index >= 15 is 0 Å². The van der Waals surface area contributed by atoms with Gasteiger partial charge < -0.3 is 36.6 Å². The van der Waals surface area contributed by atoms with Crippen LogP contribution in [0.2, 0.25) is 0 Å². The number of nitrogens with one attached hydrogen (secondary N) is 1. The van der Waals surface area contributed by atoms with E-state index in [0.717, 1.165) is 86.1 Å². The van der Waals surface area contributed by atoms with E-state index in [1.54, 1.807) is 7.11 Å². The Labute approximate surface area is 268 Å². The molecule has 3 N–H and O–H groups in total. The topological polar surface area (TPSA) is 86.1 Å². The molecule has 5 rings (SSSR count). The number of nitrogens with zero attached hydrogens (tertiary/aromatic N) is 1. The van der Waals surface area contributed by atoms with Gasteiger partial charge in [0, 0.05) is 25.9 Å². The smallest absolute Gasteiger partial charge is 0.492 e. The number of methoxy groups -OCH3 is 1. The van der Waals surface area contributed by atoms with Crippen molar-refractivity contribution in [2.45, 2.75) is 31.8 Å². The molecule has 8 heteroatoms. The van der Waals surface area contributed by atoms with Gasteiger partial charge in [0.25, 0.3) is 0 Å². The van der Waals surface area contributed by atoms with Crippen molar-refractivity contribution in [1.29, 1.82) is 0 Å². The van der Waals surface area contributed by atoms with Crippen molar-refractivity contribution < 1.29 is 50.1 Å². The van der Waals surface area contributed by atoms with Crippen LogP contribution in [-0.2, 0) is 22.6 Å². The first kappa shape index (κ1) is 32.9. The van der Waals surface area contributed by atoms with Crippen LogP contribution >= 0.6 is 0 Å². The Kier molecular flexibility index (Phi) is 13.9. The largest absolute Gasteiger partial charge is 2.00 e. The number of benzene rings is 3. The molecule has 41 heavy (non-hydrogen) atoms. The normalized spacial score (nSPS) is 15.8. The average Bonchev–Trinajstić information content (AvgIpc) is 2.97. The number of carbonyl (C=O) groups excluding carboxylic acids is 1. The molecule has 1 saturated heterocycles. The zero-order valence-electron chi connectivity index (χ0n) is 23.9. The summed E-state index contributed by atoms with van der Waals surface area (Å²) in [5.41, 5.74) is 10.8. The maximum absolute atomic E-state index is 11.0. The summed E-state index contributed by atoms with van der Waals surface area (Å²) in [6.07, 6.45) is 4.76. The van der Waals surface area contributed by atoms with Gasteiger partial charge in [0.2, 0.25) is 5.91 Å². The summed E-state index contributed by atoms with van der Waals surface area (Å²) in [6.45, 7) is 10.0. The van der Waals surface area contributed by atoms with Crippen molar-refractivity contribution in [3.63, 3.8) is 0 Å². The second-order valence-corrected chi connectivity index (χ2v) is 10.1. The van der Waals surface area contributed by atoms with Crippen molar-refractivity contribution >= 4 is 11.6 Å². The van der Waals surface area contributed by atoms with Crippen LogP contribution in [0.4, 0.5) is 5.69 Å². The molecule has 216 valence electrons. The Bertz CT molecular complexity index is 1220. The molecule has 7 nitrogen and oxygen atoms in total. The van der Waals surface area contributed by atoms with Gasteiger partial charge in [0.15, 0.2) is 0 Å². The van der Waals surface area contributed by atoms with E-state index in [4.69, 9.17) is 19.9 Å². The van der Waals surface area contributed by atoms with E-state index in [2.05, 4.69) is 53.9 Å². The number of carbonyl (C=O) groups is 1. The van der Waals surface area contributed by atoms with Gasteiger partial charge >= 0.3 is 31.1 Å². The molecule has 0 unspecified atom stereocenters. The van der Waals surface area contributed by atoms with Gasteiger partial charge in [-0.05, 0) is 36.2 Å². The standard InChI is InChI=1S/C20H23N2O2.C13H18NO2.U/c21-20(23)13-16-2-1-3-19(12-16)24-14-15-4-6-17(7-5-15)18-8-10-22-11-9-18;1-11-4-5-13-12(10-11)14(7-9-16-13)6-3-8-15-2;/h1-8,12,18,22H,9-11,13-14H2,(H2,21,23);4-5,10H,1,3,6-9H2,2H3;/q2*-1;+2/t18-;;/m1../s1. The van der Waals surface area contributed by atoms with Crippen molar-refractivity contribution in [2.24, 2.45) is 5.73 Å². The molecule has 3 aromatic rings. The van der Waals surface area contributed by atoms with E-state index in [-0.39, 0.29) is 43.4 Å². The average molecular weight is 782 g/mol. The fraction of sp³-hybridized carbons (Fsp3) is 0.364. The molecule has 1 amide bonds. The van der Waals surface area contributed by atoms with Gasteiger partial charge in [-0.15, -0.1) is 18.5 Å². The number of primary amides is 1. The van der Waals surface area contributed by atoms with Gasteiger partial charge in [0.05, 0.1) is 13.0 Å². The molecule has 2 aliphatic rings. The number of fused-ring (bicyclic) bond motifs is 1. The zero-order valence-corrected chi connectivity index (χ0v) is 28.1. The Morgan fingerprint density at radius 1 is 1.15 bits per heavy atom. The SMILES string of the molecule is NC(=O)Cc1cccc(OCc2ccc([C@@H]3[CH-]CNCC3)cc2)c1.[CH2-]c1ccc2c(c1)N(CCCOC)CCO2.[U+2]. The molecule has 0 aliphatic carbocycles. The Balaban J connectivity index is 0.000000238. The molecule has 0 bridgehead atoms. The third kappa shape index (κ3) is 10.6. The molecular weight excluding hydrogens is 740 g/mol. The van der Waals surface area contributed by atoms with Gasteiger partial charge in [-0.2, -0.15) is 18.6 Å². The summed E-state index contributed by atoms with van der Waals surface area (Å²) in [4.78, 5) is 13.3. The van der Waals surface area contributed by atoms with Crippen LogP contribution in [0.25, 0.3) is 0 Å². The van der Waals surface area contributed by atoms with Crippen LogP contribution in [0.15, 0.2) is 66.7 Å². The van der Waals surface area contributed by atoms with Crippen LogP contribution in [0.3, 0.4) is 0 Å². The minimum Gasteiger partial charge on any atom is -0.492 e. The van der Waals surface area contributed by atoms with Gasteiger partial charge in [0.1, 0.15) is 24.7 Å². The van der Waals surface area contributed by atoms with E-state index in [9.17, 15) is 4.79 Å². The summed E-state index contributed by atoms with van der Waals surface area (Å²) < 4.78 is 16.5. The van der Waals surface area contributed by atoms with Crippen molar-refractivity contribution in [2.75, 3.05) is 51.4 Å². The van der Waals surface area contributed by atoms with Crippen molar-refractivity contribution in [1.82, 2.24) is 5.32 Å². The van der Waals surface area contributed by atoms with E-state index in [0.29, 0.717) is 12.5 Å². The fourth-order valence-electron chi connectivity index (χ4n) is 4.93. The quantitative estimate of drug-likeness (QED) is 0.230. The van der Waals surface area contributed by atoms with Crippen LogP contribution in [0, 0.1) is 44.5 Å². The zero-order chi connectivity index (χ0) is 28.2. The van der Waals surface area contributed by atoms with Crippen LogP contribution in [0.1, 0.15) is 41.0 Å². The maximum atomic E-state index is 11.0. The number of nitrogens with two attached hydrogens (primary N) is 1. The number of rotatable bonds is 10. The number of hydrogen-bond acceptors (Lipinski definition) is 6. The number of hydrogen-bond donors (Lipinski definition) is 2. The molecule has 2 heterocycles. The molecule has 0 aromatic heterocycles. The van der Waals surface area contributed by atoms with Gasteiger partial charge in [-0.25, -0.2) is 0 Å². The van der Waals surface area contributed by atoms with E-state index in [1.807, 2.05) is 36.4 Å². The minimum atomic E-state index is -0.336. The monoisotopic (exact) mass is 781 g/mol. The summed E-state index contributed by atoms with van der Waals surface area (Å²) in [5, 5.41) is 3.35. The molecular formula is C33H41N3O4U. The Morgan fingerprint density at radius 2 is 1.98 bits per heavy atom. The van der Waals surface area contributed by atoms with E-state index < -0.39 is 0 Å². The van der Waals surface area contributed by atoms with E-state index in [1.165, 1.54) is 5.56 Å². The van der Waals surface area contributed by atoms with Crippen molar-refractivity contribution in [3.05, 3.63) is 102 Å². The summed E-state index contributed by atoms with van der Waals surface area (Å²) >= 11 is 0. The first-order valence-electron chi connectivity index (χ1n) is 14.0. The summed E-state index contributed by atoms with van der Waals surface area (Å²) in [5.74, 6) is 1.93. The third-order valence-electron chi connectivity index (χ3n) is 7.03. The van der Waals surface area contributed by atoms with Gasteiger partial charge in [-0.3, -0.25) is 4.79 Å². The maximum Gasteiger partial charge on any atom is 2.00 e. The summed E-state index contributed by atoms with van der Waals surface area (Å²) in [6, 6.07) is 22.2. The molecule has 1 fully saturated rings. The predicted octanol–water partition coefficient (Wildman–Crippen LogP) is 4.68. The molecule has 0 radical (unpaired) electrons. The second kappa shape index (κ2) is 17.4. The number of anilines is 1.